The zero-order valence-corrected chi connectivity index (χ0v) is 21.4. The normalized spacial score (nSPS) is 15.6. The zero-order valence-electron chi connectivity index (χ0n) is 21.4. The van der Waals surface area contributed by atoms with Crippen molar-refractivity contribution in [3.63, 3.8) is 0 Å². The molecule has 1 fully saturated rings. The van der Waals surface area contributed by atoms with Gasteiger partial charge in [-0.05, 0) is 62.1 Å². The van der Waals surface area contributed by atoms with Crippen molar-refractivity contribution in [2.45, 2.75) is 64.3 Å². The van der Waals surface area contributed by atoms with Crippen molar-refractivity contribution < 1.29 is 22.8 Å². The van der Waals surface area contributed by atoms with Crippen molar-refractivity contribution in [1.29, 1.82) is 0 Å². The lowest BCUT2D eigenvalue weighted by Crippen LogP contribution is -2.50. The number of nitrogens with zero attached hydrogens (tertiary/aromatic N) is 2. The molecule has 200 valence electrons. The number of anilines is 2. The first kappa shape index (κ1) is 28.2. The molecule has 0 aromatic heterocycles. The average molecular weight is 517 g/mol. The lowest BCUT2D eigenvalue weighted by Gasteiger charge is -2.41. The molecule has 6 nitrogen and oxygen atoms in total. The second kappa shape index (κ2) is 12.8. The van der Waals surface area contributed by atoms with Gasteiger partial charge in [-0.15, -0.1) is 0 Å². The molecule has 3 amide bonds. The molecule has 0 aliphatic carbocycles. The molecule has 9 heteroatoms. The number of halogens is 3. The van der Waals surface area contributed by atoms with Gasteiger partial charge >= 0.3 is 12.2 Å². The van der Waals surface area contributed by atoms with E-state index >= 15 is 0 Å². The summed E-state index contributed by atoms with van der Waals surface area (Å²) in [5.41, 5.74) is 0.525. The Balaban J connectivity index is 1.84. The molecule has 1 saturated heterocycles. The van der Waals surface area contributed by atoms with E-state index in [1.54, 1.807) is 17.0 Å². The highest BCUT2D eigenvalue weighted by molar-refractivity contribution is 5.99. The van der Waals surface area contributed by atoms with Crippen LogP contribution in [0.5, 0.6) is 0 Å². The van der Waals surface area contributed by atoms with Crippen LogP contribution in [0.1, 0.15) is 50.7 Å². The van der Waals surface area contributed by atoms with Gasteiger partial charge in [0.2, 0.25) is 5.91 Å². The molecule has 0 spiro atoms. The number of alkyl halides is 3. The van der Waals surface area contributed by atoms with Crippen molar-refractivity contribution in [2.75, 3.05) is 23.7 Å². The van der Waals surface area contributed by atoms with Crippen LogP contribution in [0.2, 0.25) is 0 Å². The Kier molecular flexibility index (Phi) is 9.74. The number of amides is 3. The Hall–Kier alpha value is -3.33. The average Bonchev–Trinajstić information content (AvgIpc) is 2.88. The van der Waals surface area contributed by atoms with Gasteiger partial charge in [0, 0.05) is 43.1 Å². The largest absolute Gasteiger partial charge is 0.416 e. The number of urea groups is 1. The molecule has 3 rings (SSSR count). The number of rotatable bonds is 9. The highest BCUT2D eigenvalue weighted by Crippen LogP contribution is 2.31. The first-order valence-corrected chi connectivity index (χ1v) is 12.6. The first-order valence-electron chi connectivity index (χ1n) is 12.6. The van der Waals surface area contributed by atoms with Crippen LogP contribution in [0, 0.1) is 0 Å². The fraction of sp³-hybridized carbons (Fsp3) is 0.429. The van der Waals surface area contributed by atoms with Gasteiger partial charge in [0.15, 0.2) is 0 Å². The number of hydrogen-bond acceptors (Lipinski definition) is 3. The van der Waals surface area contributed by atoms with Crippen molar-refractivity contribution >= 4 is 23.3 Å². The summed E-state index contributed by atoms with van der Waals surface area (Å²) in [7, 11) is 0. The lowest BCUT2D eigenvalue weighted by molar-refractivity contribution is -0.137. The lowest BCUT2D eigenvalue weighted by atomic mass is 9.99. The predicted molar refractivity (Wildman–Crippen MR) is 140 cm³/mol. The van der Waals surface area contributed by atoms with E-state index in [4.69, 9.17) is 0 Å². The van der Waals surface area contributed by atoms with Gasteiger partial charge in [-0.1, -0.05) is 44.2 Å². The predicted octanol–water partition coefficient (Wildman–Crippen LogP) is 6.52. The van der Waals surface area contributed by atoms with Crippen LogP contribution >= 0.6 is 0 Å². The molecular formula is C28H35F3N4O2. The van der Waals surface area contributed by atoms with Gasteiger partial charge in [0.25, 0.3) is 0 Å². The topological polar surface area (TPSA) is 64.7 Å². The molecule has 2 N–H and O–H groups in total. The van der Waals surface area contributed by atoms with Gasteiger partial charge in [-0.25, -0.2) is 4.79 Å². The summed E-state index contributed by atoms with van der Waals surface area (Å²) in [5, 5.41) is 5.44. The molecular weight excluding hydrogens is 481 g/mol. The molecule has 1 aliphatic rings. The fourth-order valence-electron chi connectivity index (χ4n) is 4.72. The van der Waals surface area contributed by atoms with E-state index in [0.717, 1.165) is 56.5 Å². The van der Waals surface area contributed by atoms with Crippen LogP contribution in [0.25, 0.3) is 0 Å². The maximum absolute atomic E-state index is 13.5. The van der Waals surface area contributed by atoms with Crippen molar-refractivity contribution in [3.05, 3.63) is 72.3 Å². The van der Waals surface area contributed by atoms with Crippen LogP contribution in [0.3, 0.4) is 0 Å². The highest BCUT2D eigenvalue weighted by atomic mass is 19.4. The number of likely N-dealkylation sites (tertiary alicyclic amines) is 1. The second-order valence-corrected chi connectivity index (χ2v) is 9.39. The highest BCUT2D eigenvalue weighted by Gasteiger charge is 2.32. The second-order valence-electron chi connectivity index (χ2n) is 9.39. The van der Waals surface area contributed by atoms with E-state index in [0.29, 0.717) is 11.7 Å². The molecule has 1 heterocycles. The van der Waals surface area contributed by atoms with Crippen LogP contribution in [0.4, 0.5) is 29.3 Å². The van der Waals surface area contributed by atoms with E-state index in [1.807, 2.05) is 12.1 Å². The summed E-state index contributed by atoms with van der Waals surface area (Å²) >= 11 is 0. The molecule has 1 aliphatic heterocycles. The molecule has 0 unspecified atom stereocenters. The molecule has 0 saturated carbocycles. The minimum atomic E-state index is -4.51. The summed E-state index contributed by atoms with van der Waals surface area (Å²) in [4.78, 5) is 29.5. The number of benzene rings is 2. The Labute approximate surface area is 216 Å². The molecule has 1 atom stereocenters. The Morgan fingerprint density at radius 3 is 2.49 bits per heavy atom. The van der Waals surface area contributed by atoms with Crippen LogP contribution in [-0.4, -0.2) is 46.9 Å². The third kappa shape index (κ3) is 7.82. The van der Waals surface area contributed by atoms with Crippen LogP contribution < -0.4 is 10.6 Å². The summed E-state index contributed by atoms with van der Waals surface area (Å²) in [6.45, 7) is 9.69. The number of carbonyl (C=O) groups excluding carboxylic acids is 2. The van der Waals surface area contributed by atoms with E-state index in [2.05, 4.69) is 36.0 Å². The quantitative estimate of drug-likeness (QED) is 0.373. The Morgan fingerprint density at radius 1 is 1.14 bits per heavy atom. The van der Waals surface area contributed by atoms with Crippen LogP contribution in [0.15, 0.2) is 61.2 Å². The Morgan fingerprint density at radius 2 is 1.84 bits per heavy atom. The van der Waals surface area contributed by atoms with Gasteiger partial charge in [-0.2, -0.15) is 13.2 Å². The maximum atomic E-state index is 13.5. The standard InChI is InChI=1S/C28H35F3N4O2/c1-4-9-20(3)34-16-14-24(15-17-34)35(19-21-10-6-7-13-25(21)33-26(36)5-2)27(37)32-23-12-8-11-22(18-23)28(29,30)31/h5-8,10-13,18,20,24H,2,4,9,14-17,19H2,1,3H3,(H,32,37)(H,33,36)/t20-/m1/s1. The third-order valence-corrected chi connectivity index (χ3v) is 6.77. The molecule has 37 heavy (non-hydrogen) atoms. The van der Waals surface area contributed by atoms with Crippen molar-refractivity contribution in [1.82, 2.24) is 9.80 Å². The number of carbonyl (C=O) groups is 2. The van der Waals surface area contributed by atoms with E-state index in [1.165, 1.54) is 18.2 Å². The monoisotopic (exact) mass is 516 g/mol. The van der Waals surface area contributed by atoms with Gasteiger partial charge in [-0.3, -0.25) is 4.79 Å². The van der Waals surface area contributed by atoms with Gasteiger partial charge < -0.3 is 20.4 Å². The molecule has 2 aromatic rings. The van der Waals surface area contributed by atoms with Crippen molar-refractivity contribution in [2.24, 2.45) is 0 Å². The number of piperidine rings is 1. The smallest absolute Gasteiger partial charge is 0.322 e. The Bertz CT molecular complexity index is 1080. The van der Waals surface area contributed by atoms with Crippen molar-refractivity contribution in [3.8, 4) is 0 Å². The molecule has 0 radical (unpaired) electrons. The van der Waals surface area contributed by atoms with E-state index in [9.17, 15) is 22.8 Å². The maximum Gasteiger partial charge on any atom is 0.416 e. The zero-order chi connectivity index (χ0) is 27.0. The van der Waals surface area contributed by atoms with Gasteiger partial charge in [0.1, 0.15) is 0 Å². The first-order chi connectivity index (χ1) is 17.6. The molecule has 2 aromatic carbocycles. The fourth-order valence-corrected chi connectivity index (χ4v) is 4.72. The minimum Gasteiger partial charge on any atom is -0.322 e. The summed E-state index contributed by atoms with van der Waals surface area (Å²) in [6.07, 6.45) is 0.337. The number of nitrogens with one attached hydrogen (secondary N) is 2. The van der Waals surface area contributed by atoms with E-state index < -0.39 is 17.8 Å². The number of hydrogen-bond donors (Lipinski definition) is 2. The SMILES string of the molecule is C=CC(=O)Nc1ccccc1CN(C(=O)Nc1cccc(C(F)(F)F)c1)C1CCN([C@H](C)CCC)CC1. The summed E-state index contributed by atoms with van der Waals surface area (Å²) in [6, 6.07) is 11.6. The summed E-state index contributed by atoms with van der Waals surface area (Å²) < 4.78 is 39.6. The minimum absolute atomic E-state index is 0.0760. The van der Waals surface area contributed by atoms with Crippen LogP contribution in [-0.2, 0) is 17.5 Å². The van der Waals surface area contributed by atoms with Gasteiger partial charge in [0.05, 0.1) is 5.56 Å². The third-order valence-electron chi connectivity index (χ3n) is 6.77. The van der Waals surface area contributed by atoms with E-state index in [-0.39, 0.29) is 24.2 Å². The number of para-hydroxylation sites is 1. The molecule has 0 bridgehead atoms. The summed E-state index contributed by atoms with van der Waals surface area (Å²) in [5.74, 6) is -0.370.